The van der Waals surface area contributed by atoms with Gasteiger partial charge < -0.3 is 4.90 Å². The molecule has 0 aliphatic heterocycles. The molecule has 0 radical (unpaired) electrons. The third kappa shape index (κ3) is 6.14. The van der Waals surface area contributed by atoms with Crippen LogP contribution in [0.15, 0.2) is 82.7 Å². The van der Waals surface area contributed by atoms with Crippen LogP contribution in [0.4, 0.5) is 4.79 Å². The van der Waals surface area contributed by atoms with Crippen LogP contribution >= 0.6 is 0 Å². The van der Waals surface area contributed by atoms with E-state index in [1.54, 1.807) is 48.7 Å². The normalized spacial score (nSPS) is 11.7. The molecule has 2 amide bonds. The van der Waals surface area contributed by atoms with Gasteiger partial charge >= 0.3 is 6.03 Å². The van der Waals surface area contributed by atoms with E-state index in [0.29, 0.717) is 11.3 Å². The average molecular weight is 474 g/mol. The number of carbonyl (C=O) groups is 1. The number of nitrogens with one attached hydrogen (secondary N) is 1. The van der Waals surface area contributed by atoms with E-state index in [2.05, 4.69) is 9.71 Å². The van der Waals surface area contributed by atoms with Crippen molar-refractivity contribution in [2.75, 3.05) is 6.26 Å². The number of carbonyl (C=O) groups excluding carboxylic acids is 1. The molecule has 2 aromatic carbocycles. The SMILES string of the molecule is Cc1ccc(S(=O)(=O)NC(=O)N(Cc2ccc(S(C)(=O)=O)cc2)Cc2ccccn2)cc1. The third-order valence-electron chi connectivity index (χ3n) is 4.64. The topological polar surface area (TPSA) is 114 Å². The van der Waals surface area contributed by atoms with E-state index in [-0.39, 0.29) is 22.9 Å². The lowest BCUT2D eigenvalue weighted by Gasteiger charge is -2.23. The Hall–Kier alpha value is -3.24. The van der Waals surface area contributed by atoms with Gasteiger partial charge in [-0.2, -0.15) is 0 Å². The zero-order valence-corrected chi connectivity index (χ0v) is 19.2. The first-order chi connectivity index (χ1) is 15.0. The number of benzene rings is 2. The van der Waals surface area contributed by atoms with Gasteiger partial charge in [-0.3, -0.25) is 4.98 Å². The zero-order valence-electron chi connectivity index (χ0n) is 17.6. The van der Waals surface area contributed by atoms with Crippen molar-refractivity contribution in [3.05, 3.63) is 89.7 Å². The molecule has 0 saturated carbocycles. The Morgan fingerprint density at radius 3 is 2.06 bits per heavy atom. The van der Waals surface area contributed by atoms with E-state index >= 15 is 0 Å². The van der Waals surface area contributed by atoms with E-state index in [1.807, 2.05) is 6.92 Å². The number of aromatic nitrogens is 1. The molecule has 168 valence electrons. The summed E-state index contributed by atoms with van der Waals surface area (Å²) in [5, 5.41) is 0. The van der Waals surface area contributed by atoms with Crippen LogP contribution < -0.4 is 4.72 Å². The molecule has 1 heterocycles. The lowest BCUT2D eigenvalue weighted by Crippen LogP contribution is -2.42. The summed E-state index contributed by atoms with van der Waals surface area (Å²) in [5.74, 6) is 0. The van der Waals surface area contributed by atoms with Gasteiger partial charge in [-0.15, -0.1) is 0 Å². The van der Waals surface area contributed by atoms with Crippen LogP contribution in [-0.4, -0.2) is 39.0 Å². The van der Waals surface area contributed by atoms with Gasteiger partial charge in [0.25, 0.3) is 10.0 Å². The largest absolute Gasteiger partial charge is 0.331 e. The molecule has 0 fully saturated rings. The van der Waals surface area contributed by atoms with Crippen LogP contribution in [0.3, 0.4) is 0 Å². The van der Waals surface area contributed by atoms with Gasteiger partial charge in [-0.05, 0) is 48.9 Å². The van der Waals surface area contributed by atoms with Gasteiger partial charge in [-0.1, -0.05) is 35.9 Å². The molecule has 3 rings (SSSR count). The fourth-order valence-electron chi connectivity index (χ4n) is 2.90. The summed E-state index contributed by atoms with van der Waals surface area (Å²) < 4.78 is 50.8. The minimum Gasteiger partial charge on any atom is -0.314 e. The fraction of sp³-hybridized carbons (Fsp3) is 0.182. The highest BCUT2D eigenvalue weighted by molar-refractivity contribution is 7.90. The summed E-state index contributed by atoms with van der Waals surface area (Å²) in [5.41, 5.74) is 2.10. The minimum atomic E-state index is -4.07. The van der Waals surface area contributed by atoms with Gasteiger partial charge in [0.05, 0.1) is 22.0 Å². The van der Waals surface area contributed by atoms with Crippen molar-refractivity contribution in [2.45, 2.75) is 29.8 Å². The standard InChI is InChI=1S/C22H23N3O5S2/c1-17-6-10-21(11-7-17)32(29,30)24-22(26)25(16-19-5-3-4-14-23-19)15-18-8-12-20(13-9-18)31(2,27)28/h3-14H,15-16H2,1-2H3,(H,24,26). The molecule has 8 nitrogen and oxygen atoms in total. The van der Waals surface area contributed by atoms with Crippen LogP contribution in [0.1, 0.15) is 16.8 Å². The summed E-state index contributed by atoms with van der Waals surface area (Å²) in [4.78, 5) is 18.6. The molecule has 0 saturated heterocycles. The molecule has 0 spiro atoms. The van der Waals surface area contributed by atoms with Crippen molar-refractivity contribution < 1.29 is 21.6 Å². The lowest BCUT2D eigenvalue weighted by molar-refractivity contribution is 0.197. The molecular formula is C22H23N3O5S2. The number of nitrogens with zero attached hydrogens (tertiary/aromatic N) is 2. The number of amides is 2. The molecule has 0 unspecified atom stereocenters. The van der Waals surface area contributed by atoms with Crippen LogP contribution in [0.2, 0.25) is 0 Å². The Labute approximate surface area is 187 Å². The number of sulfonamides is 1. The number of sulfone groups is 1. The summed E-state index contributed by atoms with van der Waals surface area (Å²) >= 11 is 0. The van der Waals surface area contributed by atoms with Crippen molar-refractivity contribution in [3.8, 4) is 0 Å². The fourth-order valence-corrected chi connectivity index (χ4v) is 4.51. The number of pyridine rings is 1. The Balaban J connectivity index is 1.85. The maximum atomic E-state index is 12.9. The van der Waals surface area contributed by atoms with Crippen LogP contribution in [0, 0.1) is 6.92 Å². The molecule has 0 bridgehead atoms. The average Bonchev–Trinajstić information content (AvgIpc) is 2.74. The van der Waals surface area contributed by atoms with Crippen molar-refractivity contribution in [1.82, 2.24) is 14.6 Å². The molecule has 32 heavy (non-hydrogen) atoms. The second kappa shape index (κ2) is 9.49. The van der Waals surface area contributed by atoms with E-state index in [0.717, 1.165) is 11.8 Å². The monoisotopic (exact) mass is 473 g/mol. The van der Waals surface area contributed by atoms with E-state index < -0.39 is 25.9 Å². The first-order valence-corrected chi connectivity index (χ1v) is 13.0. The first-order valence-electron chi connectivity index (χ1n) is 9.62. The summed E-state index contributed by atoms with van der Waals surface area (Å²) in [6.07, 6.45) is 2.69. The summed E-state index contributed by atoms with van der Waals surface area (Å²) in [7, 11) is -7.43. The Morgan fingerprint density at radius 1 is 0.875 bits per heavy atom. The quantitative estimate of drug-likeness (QED) is 0.564. The summed E-state index contributed by atoms with van der Waals surface area (Å²) in [6, 6.07) is 16.6. The Kier molecular flexibility index (Phi) is 6.95. The zero-order chi connectivity index (χ0) is 23.4. The van der Waals surface area contributed by atoms with Crippen LogP contribution in [0.25, 0.3) is 0 Å². The molecular weight excluding hydrogens is 450 g/mol. The molecule has 1 aromatic heterocycles. The van der Waals surface area contributed by atoms with E-state index in [4.69, 9.17) is 0 Å². The van der Waals surface area contributed by atoms with E-state index in [1.165, 1.54) is 29.2 Å². The van der Waals surface area contributed by atoms with Gasteiger partial charge in [0.15, 0.2) is 9.84 Å². The van der Waals surface area contributed by atoms with Gasteiger partial charge in [0.1, 0.15) is 0 Å². The van der Waals surface area contributed by atoms with Crippen molar-refractivity contribution in [3.63, 3.8) is 0 Å². The molecule has 1 N–H and O–H groups in total. The van der Waals surface area contributed by atoms with Gasteiger partial charge in [-0.25, -0.2) is 26.4 Å². The molecule has 0 aliphatic carbocycles. The van der Waals surface area contributed by atoms with Gasteiger partial charge in [0.2, 0.25) is 0 Å². The van der Waals surface area contributed by atoms with Crippen LogP contribution in [0.5, 0.6) is 0 Å². The maximum absolute atomic E-state index is 12.9. The lowest BCUT2D eigenvalue weighted by atomic mass is 10.2. The number of rotatable bonds is 7. The third-order valence-corrected chi connectivity index (χ3v) is 7.11. The molecule has 3 aromatic rings. The molecule has 0 aliphatic rings. The minimum absolute atomic E-state index is 0.0215. The highest BCUT2D eigenvalue weighted by Gasteiger charge is 2.23. The highest BCUT2D eigenvalue weighted by atomic mass is 32.2. The van der Waals surface area contributed by atoms with Crippen molar-refractivity contribution in [2.24, 2.45) is 0 Å². The van der Waals surface area contributed by atoms with Crippen LogP contribution in [-0.2, 0) is 33.0 Å². The Bertz CT molecular complexity index is 1290. The van der Waals surface area contributed by atoms with E-state index in [9.17, 15) is 21.6 Å². The smallest absolute Gasteiger partial charge is 0.314 e. The predicted molar refractivity (Wildman–Crippen MR) is 120 cm³/mol. The summed E-state index contributed by atoms with van der Waals surface area (Å²) in [6.45, 7) is 1.94. The Morgan fingerprint density at radius 2 is 1.50 bits per heavy atom. The number of hydrogen-bond acceptors (Lipinski definition) is 6. The second-order valence-corrected chi connectivity index (χ2v) is 11.0. The number of urea groups is 1. The highest BCUT2D eigenvalue weighted by Crippen LogP contribution is 2.15. The van der Waals surface area contributed by atoms with Crippen molar-refractivity contribution >= 4 is 25.9 Å². The predicted octanol–water partition coefficient (Wildman–Crippen LogP) is 2.89. The number of hydrogen-bond donors (Lipinski definition) is 1. The van der Waals surface area contributed by atoms with Gasteiger partial charge in [0, 0.05) is 19.0 Å². The first kappa shape index (κ1) is 23.4. The number of aryl methyl sites for hydroxylation is 1. The molecule has 0 atom stereocenters. The maximum Gasteiger partial charge on any atom is 0.331 e. The van der Waals surface area contributed by atoms with Crippen molar-refractivity contribution in [1.29, 1.82) is 0 Å². The second-order valence-electron chi connectivity index (χ2n) is 7.32. The molecule has 10 heteroatoms.